The van der Waals surface area contributed by atoms with E-state index in [0.29, 0.717) is 15.9 Å². The summed E-state index contributed by atoms with van der Waals surface area (Å²) in [6, 6.07) is 6.98. The Morgan fingerprint density at radius 1 is 1.42 bits per heavy atom. The molecule has 0 saturated heterocycles. The highest BCUT2D eigenvalue weighted by Gasteiger charge is 2.22. The quantitative estimate of drug-likeness (QED) is 0.923. The number of nitrogens with zero attached hydrogens (tertiary/aromatic N) is 2. The van der Waals surface area contributed by atoms with E-state index in [1.165, 1.54) is 11.8 Å². The predicted molar refractivity (Wildman–Crippen MR) is 76.0 cm³/mol. The molecule has 1 aromatic carbocycles. The average Bonchev–Trinajstić information content (AvgIpc) is 2.78. The number of carboxylic acids is 1. The number of hydrogen-bond acceptors (Lipinski definition) is 4. The molecule has 2 rings (SSSR count). The molecule has 0 unspecified atom stereocenters. The fraction of sp³-hybridized carbons (Fsp3) is 0.250. The van der Waals surface area contributed by atoms with Crippen LogP contribution < -0.4 is 4.90 Å². The van der Waals surface area contributed by atoms with Gasteiger partial charge in [0.25, 0.3) is 5.91 Å². The van der Waals surface area contributed by atoms with Crippen LogP contribution in [0.25, 0.3) is 0 Å². The lowest BCUT2D eigenvalue weighted by molar-refractivity contribution is -0.136. The first-order valence-corrected chi connectivity index (χ1v) is 6.92. The van der Waals surface area contributed by atoms with Gasteiger partial charge < -0.3 is 10.0 Å². The van der Waals surface area contributed by atoms with Crippen molar-refractivity contribution in [2.45, 2.75) is 6.42 Å². The van der Waals surface area contributed by atoms with Gasteiger partial charge in [0.05, 0.1) is 12.2 Å². The zero-order chi connectivity index (χ0) is 13.8. The van der Waals surface area contributed by atoms with E-state index in [1.54, 1.807) is 29.2 Å². The number of carboxylic acid groups (broad SMARTS) is 1. The molecule has 100 valence electrons. The molecule has 0 saturated carbocycles. The molecule has 1 N–H and O–H groups in total. The third kappa shape index (κ3) is 3.71. The van der Waals surface area contributed by atoms with Crippen molar-refractivity contribution in [3.8, 4) is 0 Å². The van der Waals surface area contributed by atoms with E-state index < -0.39 is 5.97 Å². The molecule has 1 heterocycles. The van der Waals surface area contributed by atoms with Crippen LogP contribution in [0.15, 0.2) is 29.3 Å². The second-order valence-electron chi connectivity index (χ2n) is 3.85. The lowest BCUT2D eigenvalue weighted by atomic mass is 10.3. The van der Waals surface area contributed by atoms with Crippen molar-refractivity contribution in [3.63, 3.8) is 0 Å². The van der Waals surface area contributed by atoms with E-state index in [-0.39, 0.29) is 18.9 Å². The molecule has 5 nitrogen and oxygen atoms in total. The summed E-state index contributed by atoms with van der Waals surface area (Å²) < 4.78 is 0. The molecule has 1 aliphatic rings. The largest absolute Gasteiger partial charge is 0.481 e. The summed E-state index contributed by atoms with van der Waals surface area (Å²) in [6.07, 6.45) is -0.0314. The number of anilines is 1. The monoisotopic (exact) mass is 298 g/mol. The van der Waals surface area contributed by atoms with Gasteiger partial charge in [-0.1, -0.05) is 23.4 Å². The number of amides is 1. The minimum Gasteiger partial charge on any atom is -0.481 e. The lowest BCUT2D eigenvalue weighted by Crippen LogP contribution is -2.30. The third-order valence-electron chi connectivity index (χ3n) is 2.46. The van der Waals surface area contributed by atoms with Gasteiger partial charge in [-0.2, -0.15) is 4.99 Å². The van der Waals surface area contributed by atoms with Crippen molar-refractivity contribution in [1.82, 2.24) is 0 Å². The van der Waals surface area contributed by atoms with Crippen LogP contribution in [0.5, 0.6) is 0 Å². The SMILES string of the molecule is O=C(O)CCN(C1=NC(=O)CS1)c1ccc(Cl)cc1. The summed E-state index contributed by atoms with van der Waals surface area (Å²) in [5, 5.41) is 9.92. The van der Waals surface area contributed by atoms with E-state index in [9.17, 15) is 9.59 Å². The number of amidine groups is 1. The van der Waals surface area contributed by atoms with Crippen molar-refractivity contribution in [2.75, 3.05) is 17.2 Å². The maximum absolute atomic E-state index is 11.2. The molecule has 0 spiro atoms. The Kier molecular flexibility index (Phi) is 4.44. The summed E-state index contributed by atoms with van der Waals surface area (Å²) >= 11 is 7.13. The standard InChI is InChI=1S/C12H11ClN2O3S/c13-8-1-3-9(4-2-8)15(6-5-11(17)18)12-14-10(16)7-19-12/h1-4H,5-7H2,(H,17,18). The van der Waals surface area contributed by atoms with E-state index in [4.69, 9.17) is 16.7 Å². The van der Waals surface area contributed by atoms with Crippen LogP contribution in [0, 0.1) is 0 Å². The minimum atomic E-state index is -0.895. The first-order chi connectivity index (χ1) is 9.06. The summed E-state index contributed by atoms with van der Waals surface area (Å²) in [7, 11) is 0. The van der Waals surface area contributed by atoms with Gasteiger partial charge in [-0.05, 0) is 24.3 Å². The van der Waals surface area contributed by atoms with E-state index in [1.807, 2.05) is 0 Å². The number of aliphatic carboxylic acids is 1. The van der Waals surface area contributed by atoms with Crippen molar-refractivity contribution < 1.29 is 14.7 Å². The molecular weight excluding hydrogens is 288 g/mol. The Hall–Kier alpha value is -1.53. The molecular formula is C12H11ClN2O3S. The van der Waals surface area contributed by atoms with Crippen LogP contribution in [-0.4, -0.2) is 34.4 Å². The van der Waals surface area contributed by atoms with Gasteiger partial charge >= 0.3 is 5.97 Å². The molecule has 7 heteroatoms. The Balaban J connectivity index is 2.23. The Bertz CT molecular complexity index is 530. The number of aliphatic imine (C=N–C) groups is 1. The second kappa shape index (κ2) is 6.08. The molecule has 0 bridgehead atoms. The number of hydrogen-bond donors (Lipinski definition) is 1. The van der Waals surface area contributed by atoms with Crippen LogP contribution in [0.4, 0.5) is 5.69 Å². The van der Waals surface area contributed by atoms with Gasteiger partial charge in [-0.15, -0.1) is 0 Å². The predicted octanol–water partition coefficient (Wildman–Crippen LogP) is 2.25. The fourth-order valence-electron chi connectivity index (χ4n) is 1.60. The number of carbonyl (C=O) groups excluding carboxylic acids is 1. The highest BCUT2D eigenvalue weighted by molar-refractivity contribution is 8.15. The summed E-state index contributed by atoms with van der Waals surface area (Å²) in [4.78, 5) is 27.5. The van der Waals surface area contributed by atoms with Crippen LogP contribution in [-0.2, 0) is 9.59 Å². The first-order valence-electron chi connectivity index (χ1n) is 5.55. The number of halogens is 1. The zero-order valence-corrected chi connectivity index (χ0v) is 11.4. The normalized spacial score (nSPS) is 14.4. The van der Waals surface area contributed by atoms with Crippen LogP contribution in [0.1, 0.15) is 6.42 Å². The Labute approximate surface area is 119 Å². The van der Waals surface area contributed by atoms with Gasteiger partial charge in [0, 0.05) is 17.3 Å². The smallest absolute Gasteiger partial charge is 0.305 e. The highest BCUT2D eigenvalue weighted by atomic mass is 35.5. The summed E-state index contributed by atoms with van der Waals surface area (Å²) in [6.45, 7) is 0.260. The van der Waals surface area contributed by atoms with Crippen molar-refractivity contribution >= 4 is 46.1 Å². The second-order valence-corrected chi connectivity index (χ2v) is 5.23. The number of carbonyl (C=O) groups is 2. The van der Waals surface area contributed by atoms with Gasteiger partial charge in [0.15, 0.2) is 5.17 Å². The average molecular weight is 299 g/mol. The maximum Gasteiger partial charge on any atom is 0.305 e. The van der Waals surface area contributed by atoms with Crippen molar-refractivity contribution in [1.29, 1.82) is 0 Å². The molecule has 0 fully saturated rings. The molecule has 0 aliphatic carbocycles. The van der Waals surface area contributed by atoms with Gasteiger partial charge in [0.2, 0.25) is 0 Å². The molecule has 1 aromatic rings. The van der Waals surface area contributed by atoms with E-state index >= 15 is 0 Å². The zero-order valence-electron chi connectivity index (χ0n) is 9.88. The Morgan fingerprint density at radius 3 is 2.63 bits per heavy atom. The van der Waals surface area contributed by atoms with E-state index in [0.717, 1.165) is 5.69 Å². The highest BCUT2D eigenvalue weighted by Crippen LogP contribution is 2.25. The number of thioether (sulfide) groups is 1. The van der Waals surface area contributed by atoms with Gasteiger partial charge in [-0.3, -0.25) is 9.59 Å². The van der Waals surface area contributed by atoms with E-state index in [2.05, 4.69) is 4.99 Å². The Morgan fingerprint density at radius 2 is 2.11 bits per heavy atom. The summed E-state index contributed by atoms with van der Waals surface area (Å²) in [5.41, 5.74) is 0.770. The fourth-order valence-corrected chi connectivity index (χ4v) is 2.56. The van der Waals surface area contributed by atoms with Crippen LogP contribution >= 0.6 is 23.4 Å². The first kappa shape index (κ1) is 13.9. The topological polar surface area (TPSA) is 70.0 Å². The molecule has 1 aliphatic heterocycles. The number of benzene rings is 1. The van der Waals surface area contributed by atoms with Gasteiger partial charge in [-0.25, -0.2) is 0 Å². The van der Waals surface area contributed by atoms with Gasteiger partial charge in [0.1, 0.15) is 0 Å². The lowest BCUT2D eigenvalue weighted by Gasteiger charge is -2.22. The molecule has 0 atom stereocenters. The van der Waals surface area contributed by atoms with Crippen LogP contribution in [0.2, 0.25) is 5.02 Å². The minimum absolute atomic E-state index is 0.0314. The summed E-state index contributed by atoms with van der Waals surface area (Å²) in [5.74, 6) is -0.796. The van der Waals surface area contributed by atoms with Crippen molar-refractivity contribution in [3.05, 3.63) is 29.3 Å². The van der Waals surface area contributed by atoms with Crippen LogP contribution in [0.3, 0.4) is 0 Å². The third-order valence-corrected chi connectivity index (χ3v) is 3.68. The molecule has 0 radical (unpaired) electrons. The molecule has 1 amide bonds. The molecule has 0 aromatic heterocycles. The van der Waals surface area contributed by atoms with Crippen molar-refractivity contribution in [2.24, 2.45) is 4.99 Å². The molecule has 19 heavy (non-hydrogen) atoms. The number of rotatable bonds is 4. The maximum atomic E-state index is 11.2.